The highest BCUT2D eigenvalue weighted by Gasteiger charge is 2.39. The van der Waals surface area contributed by atoms with E-state index in [-0.39, 0.29) is 11.9 Å². The highest BCUT2D eigenvalue weighted by atomic mass is 32.2. The van der Waals surface area contributed by atoms with Crippen LogP contribution < -0.4 is 10.6 Å². The molecule has 0 aliphatic carbocycles. The number of hydrogen-bond donors (Lipinski definition) is 2. The highest BCUT2D eigenvalue weighted by molar-refractivity contribution is 7.98. The summed E-state index contributed by atoms with van der Waals surface area (Å²) in [5, 5.41) is 6.65. The van der Waals surface area contributed by atoms with E-state index in [2.05, 4.69) is 22.8 Å². The van der Waals surface area contributed by atoms with Crippen molar-refractivity contribution in [2.75, 3.05) is 6.26 Å². The van der Waals surface area contributed by atoms with Crippen molar-refractivity contribution in [3.8, 4) is 11.3 Å². The zero-order valence-corrected chi connectivity index (χ0v) is 13.9. The summed E-state index contributed by atoms with van der Waals surface area (Å²) in [6, 6.07) is 13.0. The zero-order valence-electron chi connectivity index (χ0n) is 13.0. The number of hydrogen-bond acceptors (Lipinski definition) is 4. The van der Waals surface area contributed by atoms with Crippen LogP contribution in [0.1, 0.15) is 29.8 Å². The molecule has 1 amide bonds. The zero-order chi connectivity index (χ0) is 15.8. The van der Waals surface area contributed by atoms with Crippen LogP contribution in [0.4, 0.5) is 0 Å². The lowest BCUT2D eigenvalue weighted by Gasteiger charge is -2.20. The van der Waals surface area contributed by atoms with Crippen molar-refractivity contribution in [1.29, 1.82) is 0 Å². The summed E-state index contributed by atoms with van der Waals surface area (Å²) in [6.07, 6.45) is 5.46. The van der Waals surface area contributed by atoms with E-state index in [0.29, 0.717) is 17.8 Å². The van der Waals surface area contributed by atoms with Gasteiger partial charge in [-0.05, 0) is 49.8 Å². The molecule has 23 heavy (non-hydrogen) atoms. The molecule has 4 nitrogen and oxygen atoms in total. The van der Waals surface area contributed by atoms with Crippen LogP contribution in [0.3, 0.4) is 0 Å². The molecular formula is C18H20N2O2S. The summed E-state index contributed by atoms with van der Waals surface area (Å²) < 4.78 is 5.78. The van der Waals surface area contributed by atoms with E-state index >= 15 is 0 Å². The number of carbonyl (C=O) groups is 1. The van der Waals surface area contributed by atoms with Crippen LogP contribution in [0.5, 0.6) is 0 Å². The number of nitrogens with one attached hydrogen (secondary N) is 2. The van der Waals surface area contributed by atoms with E-state index in [1.807, 2.05) is 24.5 Å². The van der Waals surface area contributed by atoms with Gasteiger partial charge in [-0.25, -0.2) is 0 Å². The van der Waals surface area contributed by atoms with E-state index in [1.54, 1.807) is 17.8 Å². The minimum absolute atomic E-state index is 0.114. The van der Waals surface area contributed by atoms with Gasteiger partial charge in [0, 0.05) is 28.6 Å². The fourth-order valence-electron chi connectivity index (χ4n) is 3.61. The molecule has 2 aliphatic heterocycles. The van der Waals surface area contributed by atoms with Gasteiger partial charge >= 0.3 is 0 Å². The van der Waals surface area contributed by atoms with E-state index in [0.717, 1.165) is 24.2 Å². The van der Waals surface area contributed by atoms with Gasteiger partial charge in [0.15, 0.2) is 5.76 Å². The first kappa shape index (κ1) is 14.8. The molecule has 1 aromatic carbocycles. The molecule has 0 saturated carbocycles. The monoisotopic (exact) mass is 328 g/mol. The second kappa shape index (κ2) is 6.06. The van der Waals surface area contributed by atoms with E-state index < -0.39 is 0 Å². The van der Waals surface area contributed by atoms with Crippen molar-refractivity contribution in [2.24, 2.45) is 0 Å². The fraction of sp³-hybridized carbons (Fsp3) is 0.389. The van der Waals surface area contributed by atoms with Crippen molar-refractivity contribution in [3.63, 3.8) is 0 Å². The lowest BCUT2D eigenvalue weighted by molar-refractivity contribution is 0.0903. The minimum atomic E-state index is -0.114. The van der Waals surface area contributed by atoms with Crippen molar-refractivity contribution < 1.29 is 9.21 Å². The molecule has 120 valence electrons. The third kappa shape index (κ3) is 2.91. The van der Waals surface area contributed by atoms with Crippen LogP contribution in [-0.2, 0) is 0 Å². The first-order valence-electron chi connectivity index (χ1n) is 8.04. The Morgan fingerprint density at radius 3 is 2.96 bits per heavy atom. The Labute approximate surface area is 140 Å². The molecule has 2 aliphatic rings. The average Bonchev–Trinajstić information content (AvgIpc) is 3.31. The molecule has 3 atom stereocenters. The number of benzene rings is 1. The van der Waals surface area contributed by atoms with Crippen molar-refractivity contribution >= 4 is 17.7 Å². The van der Waals surface area contributed by atoms with Crippen LogP contribution in [0.2, 0.25) is 0 Å². The van der Waals surface area contributed by atoms with Gasteiger partial charge in [0.05, 0.1) is 0 Å². The summed E-state index contributed by atoms with van der Waals surface area (Å²) in [6.45, 7) is 0. The molecule has 0 spiro atoms. The fourth-order valence-corrected chi connectivity index (χ4v) is 4.07. The first-order valence-corrected chi connectivity index (χ1v) is 9.26. The Bertz CT molecular complexity index is 727. The van der Waals surface area contributed by atoms with E-state index in [4.69, 9.17) is 4.42 Å². The maximum absolute atomic E-state index is 12.4. The molecule has 2 N–H and O–H groups in total. The van der Waals surface area contributed by atoms with Gasteiger partial charge in [-0.3, -0.25) is 4.79 Å². The van der Waals surface area contributed by atoms with Gasteiger partial charge in [0.25, 0.3) is 5.91 Å². The lowest BCUT2D eigenvalue weighted by Crippen LogP contribution is -2.42. The predicted octanol–water partition coefficient (Wildman–Crippen LogP) is 3.29. The number of thioether (sulfide) groups is 1. The SMILES string of the molecule is CSc1cccc(-c2ccc(C(=O)N[C@@H]3C[C@H]4CC[C@@H]3N4)o2)c1. The number of rotatable bonds is 4. The van der Waals surface area contributed by atoms with Crippen LogP contribution in [0.25, 0.3) is 11.3 Å². The minimum Gasteiger partial charge on any atom is -0.451 e. The van der Waals surface area contributed by atoms with Crippen molar-refractivity contribution in [2.45, 2.75) is 42.3 Å². The molecule has 2 fully saturated rings. The van der Waals surface area contributed by atoms with Crippen molar-refractivity contribution in [1.82, 2.24) is 10.6 Å². The summed E-state index contributed by atoms with van der Waals surface area (Å²) >= 11 is 1.69. The first-order chi connectivity index (χ1) is 11.2. The largest absolute Gasteiger partial charge is 0.451 e. The molecule has 4 rings (SSSR count). The molecular weight excluding hydrogens is 308 g/mol. The predicted molar refractivity (Wildman–Crippen MR) is 91.7 cm³/mol. The second-order valence-corrected chi connectivity index (χ2v) is 7.14. The molecule has 5 heteroatoms. The summed E-state index contributed by atoms with van der Waals surface area (Å²) in [4.78, 5) is 13.6. The third-order valence-corrected chi connectivity index (χ3v) is 5.53. The molecule has 2 bridgehead atoms. The standard InChI is InChI=1S/C18H20N2O2S/c1-23-13-4-2-3-11(9-13)16-7-8-17(22-16)18(21)20-15-10-12-5-6-14(15)19-12/h2-4,7-9,12,14-15,19H,5-6,10H2,1H3,(H,20,21)/t12-,14+,15-/m1/s1. The van der Waals surface area contributed by atoms with E-state index in [1.165, 1.54) is 11.3 Å². The van der Waals surface area contributed by atoms with E-state index in [9.17, 15) is 4.79 Å². The quantitative estimate of drug-likeness (QED) is 0.846. The number of furan rings is 1. The van der Waals surface area contributed by atoms with Gasteiger partial charge in [-0.2, -0.15) is 0 Å². The Hall–Kier alpha value is -1.72. The van der Waals surface area contributed by atoms with Crippen LogP contribution in [0, 0.1) is 0 Å². The van der Waals surface area contributed by atoms with Crippen LogP contribution in [-0.4, -0.2) is 30.3 Å². The molecule has 0 unspecified atom stereocenters. The third-order valence-electron chi connectivity index (χ3n) is 4.80. The number of amides is 1. The molecule has 0 radical (unpaired) electrons. The molecule has 2 saturated heterocycles. The lowest BCUT2D eigenvalue weighted by atomic mass is 9.95. The molecule has 1 aromatic heterocycles. The van der Waals surface area contributed by atoms with Gasteiger partial charge in [-0.1, -0.05) is 12.1 Å². The molecule has 3 heterocycles. The normalized spacial score (nSPS) is 25.7. The number of carbonyl (C=O) groups excluding carboxylic acids is 1. The smallest absolute Gasteiger partial charge is 0.287 e. The Morgan fingerprint density at radius 1 is 1.30 bits per heavy atom. The maximum Gasteiger partial charge on any atom is 0.287 e. The van der Waals surface area contributed by atoms with Gasteiger partial charge < -0.3 is 15.1 Å². The highest BCUT2D eigenvalue weighted by Crippen LogP contribution is 2.29. The van der Waals surface area contributed by atoms with Gasteiger partial charge in [0.2, 0.25) is 0 Å². The average molecular weight is 328 g/mol. The molecule has 2 aromatic rings. The van der Waals surface area contributed by atoms with Crippen LogP contribution >= 0.6 is 11.8 Å². The van der Waals surface area contributed by atoms with Crippen molar-refractivity contribution in [3.05, 3.63) is 42.2 Å². The van der Waals surface area contributed by atoms with Gasteiger partial charge in [-0.15, -0.1) is 11.8 Å². The van der Waals surface area contributed by atoms with Crippen LogP contribution in [0.15, 0.2) is 45.7 Å². The Balaban J connectivity index is 1.47. The van der Waals surface area contributed by atoms with Gasteiger partial charge in [0.1, 0.15) is 5.76 Å². The topological polar surface area (TPSA) is 54.3 Å². The maximum atomic E-state index is 12.4. The second-order valence-electron chi connectivity index (χ2n) is 6.26. The Kier molecular flexibility index (Phi) is 3.91. The Morgan fingerprint density at radius 2 is 2.22 bits per heavy atom. The number of fused-ring (bicyclic) bond motifs is 2. The summed E-state index contributed by atoms with van der Waals surface area (Å²) in [5.41, 5.74) is 0.998. The summed E-state index contributed by atoms with van der Waals surface area (Å²) in [5.74, 6) is 1.01. The summed E-state index contributed by atoms with van der Waals surface area (Å²) in [7, 11) is 0.